The summed E-state index contributed by atoms with van der Waals surface area (Å²) in [5.41, 5.74) is 5.01. The minimum Gasteiger partial charge on any atom is -0.486 e. The molecule has 1 unspecified atom stereocenters. The minimum absolute atomic E-state index is 0.0764. The standard InChI is InChI=1S/C27H27N3O4/c1-27(2)17-19-14-25-26(34-13-12-33-25)15-22(19)24(29-27)16-23(28-20-6-4-3-5-7-20)18-8-10-21(11-9-18)30(31)32/h3-11,14-15,23,28H,12-13,16-17H2,1-2H3. The van der Waals surface area contributed by atoms with Crippen LogP contribution in [0.15, 0.2) is 71.7 Å². The molecule has 0 spiro atoms. The average Bonchev–Trinajstić information content (AvgIpc) is 2.82. The molecule has 0 radical (unpaired) electrons. The van der Waals surface area contributed by atoms with E-state index in [1.807, 2.05) is 48.5 Å². The Morgan fingerprint density at radius 1 is 1.03 bits per heavy atom. The fourth-order valence-corrected chi connectivity index (χ4v) is 4.64. The Morgan fingerprint density at radius 2 is 1.71 bits per heavy atom. The van der Waals surface area contributed by atoms with Gasteiger partial charge in [0.25, 0.3) is 5.69 Å². The Labute approximate surface area is 198 Å². The van der Waals surface area contributed by atoms with Gasteiger partial charge in [-0.2, -0.15) is 0 Å². The molecule has 1 N–H and O–H groups in total. The maximum atomic E-state index is 11.2. The van der Waals surface area contributed by atoms with Crippen molar-refractivity contribution in [3.05, 3.63) is 93.5 Å². The topological polar surface area (TPSA) is 86.0 Å². The predicted molar refractivity (Wildman–Crippen MR) is 132 cm³/mol. The van der Waals surface area contributed by atoms with Crippen molar-refractivity contribution in [1.82, 2.24) is 0 Å². The monoisotopic (exact) mass is 457 g/mol. The van der Waals surface area contributed by atoms with Gasteiger partial charge in [-0.25, -0.2) is 0 Å². The molecule has 34 heavy (non-hydrogen) atoms. The van der Waals surface area contributed by atoms with Crippen LogP contribution in [0.25, 0.3) is 0 Å². The summed E-state index contributed by atoms with van der Waals surface area (Å²) in [5.74, 6) is 1.54. The highest BCUT2D eigenvalue weighted by molar-refractivity contribution is 6.04. The van der Waals surface area contributed by atoms with Gasteiger partial charge in [0.15, 0.2) is 11.5 Å². The van der Waals surface area contributed by atoms with Crippen LogP contribution in [0, 0.1) is 10.1 Å². The van der Waals surface area contributed by atoms with E-state index in [9.17, 15) is 10.1 Å². The molecular weight excluding hydrogens is 430 g/mol. The van der Waals surface area contributed by atoms with Crippen molar-refractivity contribution in [3.63, 3.8) is 0 Å². The summed E-state index contributed by atoms with van der Waals surface area (Å²) >= 11 is 0. The molecule has 7 nitrogen and oxygen atoms in total. The quantitative estimate of drug-likeness (QED) is 0.377. The first kappa shape index (κ1) is 21.9. The maximum Gasteiger partial charge on any atom is 0.269 e. The molecule has 0 aliphatic carbocycles. The lowest BCUT2D eigenvalue weighted by molar-refractivity contribution is -0.384. The number of nitro groups is 1. The van der Waals surface area contributed by atoms with Crippen molar-refractivity contribution in [1.29, 1.82) is 0 Å². The first-order valence-electron chi connectivity index (χ1n) is 11.5. The first-order valence-corrected chi connectivity index (χ1v) is 11.5. The molecule has 0 amide bonds. The molecule has 5 rings (SSSR count). The van der Waals surface area contributed by atoms with E-state index in [0.29, 0.717) is 19.6 Å². The Hall–Kier alpha value is -3.87. The second-order valence-electron chi connectivity index (χ2n) is 9.32. The normalized spacial score (nSPS) is 16.7. The van der Waals surface area contributed by atoms with Crippen molar-refractivity contribution in [2.24, 2.45) is 4.99 Å². The van der Waals surface area contributed by atoms with Crippen LogP contribution in [0.1, 0.15) is 43.0 Å². The number of hydrogen-bond acceptors (Lipinski definition) is 6. The van der Waals surface area contributed by atoms with E-state index < -0.39 is 0 Å². The summed E-state index contributed by atoms with van der Waals surface area (Å²) in [6.07, 6.45) is 1.43. The molecular formula is C27H27N3O4. The largest absolute Gasteiger partial charge is 0.486 e. The van der Waals surface area contributed by atoms with Crippen LogP contribution in [0.4, 0.5) is 11.4 Å². The molecule has 174 valence electrons. The second kappa shape index (κ2) is 8.82. The number of benzene rings is 3. The Bertz CT molecular complexity index is 1240. The fourth-order valence-electron chi connectivity index (χ4n) is 4.64. The van der Waals surface area contributed by atoms with Gasteiger partial charge < -0.3 is 14.8 Å². The van der Waals surface area contributed by atoms with Crippen LogP contribution in [-0.4, -0.2) is 29.4 Å². The molecule has 0 saturated heterocycles. The van der Waals surface area contributed by atoms with Crippen LogP contribution in [0.3, 0.4) is 0 Å². The number of non-ortho nitro benzene ring substituents is 1. The number of anilines is 1. The molecule has 3 aromatic carbocycles. The van der Waals surface area contributed by atoms with E-state index in [4.69, 9.17) is 14.5 Å². The molecule has 2 aliphatic rings. The van der Waals surface area contributed by atoms with Crippen LogP contribution >= 0.6 is 0 Å². The molecule has 2 heterocycles. The van der Waals surface area contributed by atoms with E-state index in [1.54, 1.807) is 12.1 Å². The van der Waals surface area contributed by atoms with Crippen LogP contribution < -0.4 is 14.8 Å². The van der Waals surface area contributed by atoms with Crippen LogP contribution in [0.2, 0.25) is 0 Å². The zero-order valence-corrected chi connectivity index (χ0v) is 19.3. The first-order chi connectivity index (χ1) is 16.4. The third-order valence-corrected chi connectivity index (χ3v) is 6.16. The molecule has 0 bridgehead atoms. The highest BCUT2D eigenvalue weighted by Crippen LogP contribution is 2.39. The summed E-state index contributed by atoms with van der Waals surface area (Å²) < 4.78 is 11.7. The summed E-state index contributed by atoms with van der Waals surface area (Å²) in [4.78, 5) is 15.9. The third kappa shape index (κ3) is 4.59. The zero-order valence-electron chi connectivity index (χ0n) is 19.3. The third-order valence-electron chi connectivity index (χ3n) is 6.16. The summed E-state index contributed by atoms with van der Waals surface area (Å²) in [7, 11) is 0. The molecule has 0 aromatic heterocycles. The van der Waals surface area contributed by atoms with Gasteiger partial charge >= 0.3 is 0 Å². The molecule has 3 aromatic rings. The molecule has 0 saturated carbocycles. The van der Waals surface area contributed by atoms with E-state index >= 15 is 0 Å². The number of rotatable bonds is 6. The average molecular weight is 458 g/mol. The maximum absolute atomic E-state index is 11.2. The van der Waals surface area contributed by atoms with Gasteiger partial charge in [-0.1, -0.05) is 30.3 Å². The highest BCUT2D eigenvalue weighted by Gasteiger charge is 2.31. The summed E-state index contributed by atoms with van der Waals surface area (Å²) in [6, 6.07) is 20.7. The number of para-hydroxylation sites is 1. The molecule has 7 heteroatoms. The van der Waals surface area contributed by atoms with Gasteiger partial charge in [0.05, 0.1) is 16.5 Å². The van der Waals surface area contributed by atoms with Crippen molar-refractivity contribution < 1.29 is 14.4 Å². The smallest absolute Gasteiger partial charge is 0.269 e. The van der Waals surface area contributed by atoms with E-state index in [-0.39, 0.29) is 22.2 Å². The second-order valence-corrected chi connectivity index (χ2v) is 9.32. The fraction of sp³-hybridized carbons (Fsp3) is 0.296. The van der Waals surface area contributed by atoms with Crippen molar-refractivity contribution in [2.75, 3.05) is 18.5 Å². The van der Waals surface area contributed by atoms with Gasteiger partial charge in [-0.3, -0.25) is 15.1 Å². The Morgan fingerprint density at radius 3 is 2.38 bits per heavy atom. The molecule has 1 atom stereocenters. The van der Waals surface area contributed by atoms with Gasteiger partial charge in [-0.05, 0) is 55.7 Å². The van der Waals surface area contributed by atoms with Gasteiger partial charge in [-0.15, -0.1) is 0 Å². The number of aliphatic imine (C=N–C) groups is 1. The lowest BCUT2D eigenvalue weighted by atomic mass is 9.84. The molecule has 0 fully saturated rings. The van der Waals surface area contributed by atoms with Crippen LogP contribution in [0.5, 0.6) is 11.5 Å². The van der Waals surface area contributed by atoms with Gasteiger partial charge in [0.2, 0.25) is 0 Å². The Balaban J connectivity index is 1.53. The number of hydrogen-bond donors (Lipinski definition) is 1. The van der Waals surface area contributed by atoms with E-state index in [1.165, 1.54) is 5.56 Å². The van der Waals surface area contributed by atoms with Crippen molar-refractivity contribution >= 4 is 17.1 Å². The van der Waals surface area contributed by atoms with Gasteiger partial charge in [0, 0.05) is 35.5 Å². The summed E-state index contributed by atoms with van der Waals surface area (Å²) in [5, 5.41) is 14.8. The number of nitrogens with one attached hydrogen (secondary N) is 1. The lowest BCUT2D eigenvalue weighted by Gasteiger charge is -2.32. The number of nitrogens with zero attached hydrogens (tertiary/aromatic N) is 2. The highest BCUT2D eigenvalue weighted by atomic mass is 16.6. The SMILES string of the molecule is CC1(C)Cc2cc3c(cc2C(CC(Nc2ccccc2)c2ccc([N+](=O)[O-])cc2)=N1)OCCO3. The zero-order chi connectivity index (χ0) is 23.7. The number of ether oxygens (including phenoxy) is 2. The van der Waals surface area contributed by atoms with E-state index in [0.717, 1.165) is 40.4 Å². The van der Waals surface area contributed by atoms with Crippen molar-refractivity contribution in [3.8, 4) is 11.5 Å². The van der Waals surface area contributed by atoms with Crippen molar-refractivity contribution in [2.45, 2.75) is 38.3 Å². The lowest BCUT2D eigenvalue weighted by Crippen LogP contribution is -2.31. The Kier molecular flexibility index (Phi) is 5.69. The summed E-state index contributed by atoms with van der Waals surface area (Å²) in [6.45, 7) is 5.36. The number of fused-ring (bicyclic) bond motifs is 2. The van der Waals surface area contributed by atoms with Crippen LogP contribution in [-0.2, 0) is 6.42 Å². The van der Waals surface area contributed by atoms with Gasteiger partial charge in [0.1, 0.15) is 13.2 Å². The van der Waals surface area contributed by atoms with E-state index in [2.05, 4.69) is 25.2 Å². The molecule has 2 aliphatic heterocycles. The predicted octanol–water partition coefficient (Wildman–Crippen LogP) is 5.73. The number of nitro benzene ring substituents is 1. The minimum atomic E-state index is -0.376.